The van der Waals surface area contributed by atoms with E-state index in [-0.39, 0.29) is 65.9 Å². The average molecular weight is 759 g/mol. The maximum Gasteiger partial charge on any atom is 0.355 e. The number of aliphatic hydroxyl groups is 1. The molecule has 0 bridgehead atoms. The molecule has 5 heterocycles. The van der Waals surface area contributed by atoms with E-state index in [1.807, 2.05) is 6.92 Å². The van der Waals surface area contributed by atoms with Crippen LogP contribution in [0.25, 0.3) is 10.4 Å². The second-order valence-corrected chi connectivity index (χ2v) is 12.0. The monoisotopic (exact) mass is 758 g/mol. The molecular formula is C30H27IN6O8S. The smallest absolute Gasteiger partial charge is 0.355 e. The molecule has 238 valence electrons. The van der Waals surface area contributed by atoms with E-state index in [1.165, 1.54) is 64.5 Å². The number of thiazole rings is 1. The highest BCUT2D eigenvalue weighted by molar-refractivity contribution is 7.18. The molecule has 0 aliphatic carbocycles. The minimum absolute atomic E-state index is 0. The normalized spacial score (nSPS) is 19.3. The van der Waals surface area contributed by atoms with Crippen LogP contribution in [-0.2, 0) is 32.3 Å². The predicted molar refractivity (Wildman–Crippen MR) is 157 cm³/mol. The number of nitrogens with two attached hydrogens (primary N) is 1. The van der Waals surface area contributed by atoms with Gasteiger partial charge in [0.05, 0.1) is 33.4 Å². The van der Waals surface area contributed by atoms with Gasteiger partial charge >= 0.3 is 5.97 Å². The highest BCUT2D eigenvalue weighted by Crippen LogP contribution is 2.52. The number of hydrogen-bond donors (Lipinski definition) is 2. The second-order valence-electron chi connectivity index (χ2n) is 11.0. The number of carbonyl (C=O) groups is 4. The molecular weight excluding hydrogens is 731 g/mol. The van der Waals surface area contributed by atoms with Gasteiger partial charge < -0.3 is 44.5 Å². The Morgan fingerprint density at radius 3 is 2.61 bits per heavy atom. The lowest BCUT2D eigenvalue weighted by atomic mass is 9.77. The van der Waals surface area contributed by atoms with Crippen LogP contribution in [0.2, 0.25) is 0 Å². The van der Waals surface area contributed by atoms with Crippen LogP contribution in [0.5, 0.6) is 0 Å². The lowest BCUT2D eigenvalue weighted by Gasteiger charge is -2.46. The van der Waals surface area contributed by atoms with Crippen LogP contribution in [-0.4, -0.2) is 60.0 Å². The molecule has 0 unspecified atom stereocenters. The number of esters is 1. The number of nitro benzene ring substituents is 1. The SMILES string of the molecule is C[C@@H](O)[C@H]1C(=O)N2C(C(=O)OCc3ccc([N+](=O)[O-])cc3)=C(c3cn4cnc(C(=O)c5ccc[n+](CC(N)=O)c5)c4s3)[C@H](C)[C@H]12.[I-]. The molecule has 4 aromatic rings. The summed E-state index contributed by atoms with van der Waals surface area (Å²) in [6.07, 6.45) is 5.41. The summed E-state index contributed by atoms with van der Waals surface area (Å²) in [6, 6.07) is 8.34. The van der Waals surface area contributed by atoms with Crippen molar-refractivity contribution in [3.05, 3.63) is 98.8 Å². The van der Waals surface area contributed by atoms with Crippen molar-refractivity contribution in [2.24, 2.45) is 17.6 Å². The van der Waals surface area contributed by atoms with Crippen LogP contribution in [0.4, 0.5) is 5.69 Å². The van der Waals surface area contributed by atoms with Gasteiger partial charge in [0.1, 0.15) is 29.2 Å². The van der Waals surface area contributed by atoms with Crippen molar-refractivity contribution in [2.75, 3.05) is 0 Å². The Bertz CT molecular complexity index is 1930. The zero-order valence-corrected chi connectivity index (χ0v) is 27.4. The number of amides is 2. The van der Waals surface area contributed by atoms with Gasteiger partial charge in [-0.25, -0.2) is 9.78 Å². The number of primary amides is 1. The molecule has 46 heavy (non-hydrogen) atoms. The Morgan fingerprint density at radius 2 is 1.96 bits per heavy atom. The van der Waals surface area contributed by atoms with Crippen LogP contribution >= 0.6 is 11.3 Å². The van der Waals surface area contributed by atoms with Gasteiger partial charge in [0.25, 0.3) is 11.6 Å². The van der Waals surface area contributed by atoms with E-state index in [4.69, 9.17) is 10.5 Å². The molecule has 0 radical (unpaired) electrons. The van der Waals surface area contributed by atoms with Crippen molar-refractivity contribution in [3.8, 4) is 0 Å². The lowest BCUT2D eigenvalue weighted by molar-refractivity contribution is -0.684. The zero-order chi connectivity index (χ0) is 32.2. The van der Waals surface area contributed by atoms with Gasteiger partial charge in [-0.3, -0.25) is 28.9 Å². The minimum Gasteiger partial charge on any atom is -1.00 e. The Balaban J connectivity index is 0.00000417. The highest BCUT2D eigenvalue weighted by Gasteiger charge is 2.60. The summed E-state index contributed by atoms with van der Waals surface area (Å²) in [5.74, 6) is -3.15. The van der Waals surface area contributed by atoms with Gasteiger partial charge in [-0.1, -0.05) is 6.92 Å². The molecule has 3 N–H and O–H groups in total. The number of hydrogen-bond acceptors (Lipinski definition) is 10. The molecule has 1 fully saturated rings. The van der Waals surface area contributed by atoms with Crippen molar-refractivity contribution in [3.63, 3.8) is 0 Å². The standard InChI is InChI=1S/C30H26N6O8S.HI/c1-15-22(20-11-34-14-32-24(29(34)45-20)27(39)18-4-3-9-33(10-18)12-21(31)38)26(35-25(15)23(16(2)37)28(35)40)30(41)44-13-17-5-7-19(8-6-17)36(42)43;/h3-11,14-16,23,25,37H,12-13H2,1-2H3,(H-,31,38);1H/t15-,16+,23+,25+;/m0./s1. The number of aliphatic hydroxyl groups excluding tert-OH is 1. The number of benzene rings is 1. The Morgan fingerprint density at radius 1 is 1.24 bits per heavy atom. The summed E-state index contributed by atoms with van der Waals surface area (Å²) in [4.78, 5) is 68.9. The number of rotatable bonds is 10. The molecule has 14 nitrogen and oxygen atoms in total. The van der Waals surface area contributed by atoms with E-state index in [0.717, 1.165) is 0 Å². The Kier molecular flexibility index (Phi) is 9.05. The molecule has 2 amide bonds. The number of nitrogens with zero attached hydrogens (tertiary/aromatic N) is 5. The Hall–Kier alpha value is -4.55. The van der Waals surface area contributed by atoms with Crippen molar-refractivity contribution in [1.82, 2.24) is 14.3 Å². The highest BCUT2D eigenvalue weighted by atomic mass is 127. The van der Waals surface area contributed by atoms with E-state index in [2.05, 4.69) is 4.98 Å². The van der Waals surface area contributed by atoms with Crippen LogP contribution in [0.15, 0.2) is 67.0 Å². The third-order valence-electron chi connectivity index (χ3n) is 8.03. The first-order chi connectivity index (χ1) is 21.5. The third kappa shape index (κ3) is 5.67. The molecule has 1 saturated heterocycles. The van der Waals surface area contributed by atoms with Gasteiger partial charge in [0, 0.05) is 35.9 Å². The molecule has 0 saturated carbocycles. The van der Waals surface area contributed by atoms with Gasteiger partial charge in [-0.05, 0) is 30.7 Å². The summed E-state index contributed by atoms with van der Waals surface area (Å²) in [5, 5.41) is 21.3. The molecule has 4 atom stereocenters. The number of β-lactam (4-membered cyclic amide) rings is 1. The van der Waals surface area contributed by atoms with Gasteiger partial charge in [0.15, 0.2) is 12.4 Å². The summed E-state index contributed by atoms with van der Waals surface area (Å²) < 4.78 is 8.76. The number of aromatic nitrogens is 3. The van der Waals surface area contributed by atoms with E-state index in [0.29, 0.717) is 26.4 Å². The fourth-order valence-corrected chi connectivity index (χ4v) is 7.18. The van der Waals surface area contributed by atoms with Crippen LogP contribution in [0.3, 0.4) is 0 Å². The molecule has 2 aliphatic rings. The first-order valence-corrected chi connectivity index (χ1v) is 14.7. The fraction of sp³-hybridized carbons (Fsp3) is 0.267. The summed E-state index contributed by atoms with van der Waals surface area (Å²) in [5.41, 5.74) is 6.77. The first kappa shape index (κ1) is 32.8. The van der Waals surface area contributed by atoms with E-state index in [9.17, 15) is 34.4 Å². The number of carbonyl (C=O) groups excluding carboxylic acids is 4. The summed E-state index contributed by atoms with van der Waals surface area (Å²) in [6.45, 7) is 3.12. The number of non-ortho nitro benzene ring substituents is 1. The number of pyridine rings is 1. The van der Waals surface area contributed by atoms with E-state index in [1.54, 1.807) is 28.9 Å². The molecule has 2 aliphatic heterocycles. The Labute approximate surface area is 282 Å². The second kappa shape index (κ2) is 12.7. The van der Waals surface area contributed by atoms with Gasteiger partial charge in [0.2, 0.25) is 18.2 Å². The number of ketones is 1. The topological polar surface area (TPSA) is 191 Å². The number of ether oxygens (including phenoxy) is 1. The largest absolute Gasteiger partial charge is 1.00 e. The van der Waals surface area contributed by atoms with Gasteiger partial charge in [-0.2, -0.15) is 4.57 Å². The van der Waals surface area contributed by atoms with Crippen molar-refractivity contribution in [2.45, 2.75) is 39.1 Å². The maximum absolute atomic E-state index is 13.6. The molecule has 16 heteroatoms. The van der Waals surface area contributed by atoms with E-state index >= 15 is 0 Å². The lowest BCUT2D eigenvalue weighted by Crippen LogP contribution is -3.00. The average Bonchev–Trinajstić information content (AvgIpc) is 3.65. The van der Waals surface area contributed by atoms with Crippen LogP contribution in [0, 0.1) is 22.0 Å². The number of fused-ring (bicyclic) bond motifs is 2. The molecule has 3 aromatic heterocycles. The number of nitro groups is 1. The quantitative estimate of drug-likeness (QED) is 0.0374. The minimum atomic E-state index is -0.937. The predicted octanol–water partition coefficient (Wildman–Crippen LogP) is -1.38. The molecule has 1 aromatic carbocycles. The van der Waals surface area contributed by atoms with Crippen molar-refractivity contribution < 1.29 is 62.5 Å². The maximum atomic E-state index is 13.6. The fourth-order valence-electron chi connectivity index (χ4n) is 5.97. The van der Waals surface area contributed by atoms with Gasteiger partial charge in [-0.15, -0.1) is 11.3 Å². The summed E-state index contributed by atoms with van der Waals surface area (Å²) in [7, 11) is 0. The molecule has 0 spiro atoms. The van der Waals surface area contributed by atoms with Crippen molar-refractivity contribution in [1.29, 1.82) is 0 Å². The zero-order valence-electron chi connectivity index (χ0n) is 24.4. The number of halogens is 1. The number of imidazole rings is 1. The van der Waals surface area contributed by atoms with E-state index < -0.39 is 40.8 Å². The van der Waals surface area contributed by atoms with Crippen LogP contribution < -0.4 is 34.3 Å². The first-order valence-electron chi connectivity index (χ1n) is 13.9. The van der Waals surface area contributed by atoms with Crippen LogP contribution in [0.1, 0.15) is 40.3 Å². The summed E-state index contributed by atoms with van der Waals surface area (Å²) >= 11 is 1.22. The van der Waals surface area contributed by atoms with Crippen molar-refractivity contribution >= 4 is 51.0 Å². The molecule has 6 rings (SSSR count). The third-order valence-corrected chi connectivity index (χ3v) is 9.18.